The van der Waals surface area contributed by atoms with Crippen LogP contribution in [0, 0.1) is 0 Å². The van der Waals surface area contributed by atoms with Crippen LogP contribution in [0.1, 0.15) is 25.7 Å². The second kappa shape index (κ2) is 7.75. The molecule has 0 amide bonds. The minimum atomic E-state index is -3.53. The first-order valence-corrected chi connectivity index (χ1v) is 9.85. The van der Waals surface area contributed by atoms with E-state index in [4.69, 9.17) is 9.47 Å². The van der Waals surface area contributed by atoms with Crippen molar-refractivity contribution in [2.75, 3.05) is 39.9 Å². The minimum Gasteiger partial charge on any atom is -0.468 e. The fourth-order valence-electron chi connectivity index (χ4n) is 3.41. The maximum Gasteiger partial charge on any atom is 0.323 e. The monoisotopic (exact) mass is 348 g/mol. The van der Waals surface area contributed by atoms with Gasteiger partial charge in [0.15, 0.2) is 0 Å². The van der Waals surface area contributed by atoms with Crippen LogP contribution >= 0.6 is 7.37 Å². The molecule has 132 valence electrons. The summed E-state index contributed by atoms with van der Waals surface area (Å²) in [6.45, 7) is 1.20. The first-order chi connectivity index (χ1) is 10.9. The van der Waals surface area contributed by atoms with Crippen LogP contribution in [0.3, 0.4) is 0 Å². The summed E-state index contributed by atoms with van der Waals surface area (Å²) in [6, 6.07) is -0.897. The van der Waals surface area contributed by atoms with Gasteiger partial charge < -0.3 is 14.4 Å². The maximum absolute atomic E-state index is 12.6. The number of esters is 2. The lowest BCUT2D eigenvalue weighted by Crippen LogP contribution is -2.40. The third-order valence-corrected chi connectivity index (χ3v) is 6.09. The van der Waals surface area contributed by atoms with Crippen molar-refractivity contribution in [2.24, 2.45) is 0 Å². The van der Waals surface area contributed by atoms with Crippen LogP contribution in [0.15, 0.2) is 0 Å². The van der Waals surface area contributed by atoms with Crippen molar-refractivity contribution in [1.29, 1.82) is 0 Å². The predicted octanol–water partition coefficient (Wildman–Crippen LogP) is 0.447. The molecule has 9 heteroatoms. The fourth-order valence-corrected chi connectivity index (χ4v) is 5.31. The van der Waals surface area contributed by atoms with E-state index >= 15 is 0 Å². The highest BCUT2D eigenvalue weighted by Crippen LogP contribution is 2.45. The number of hydrogen-bond acceptors (Lipinski definition) is 7. The Kier molecular flexibility index (Phi) is 6.19. The number of ether oxygens (including phenoxy) is 2. The molecule has 0 saturated carbocycles. The Hall–Kier alpha value is -0.950. The largest absolute Gasteiger partial charge is 0.468 e. The van der Waals surface area contributed by atoms with Crippen LogP contribution in [-0.2, 0) is 23.6 Å². The fraction of sp³-hybridized carbons (Fsp3) is 0.857. The van der Waals surface area contributed by atoms with E-state index in [1.807, 2.05) is 0 Å². The molecule has 2 heterocycles. The van der Waals surface area contributed by atoms with Crippen LogP contribution < -0.4 is 0 Å². The third kappa shape index (κ3) is 4.53. The van der Waals surface area contributed by atoms with E-state index in [0.717, 1.165) is 12.8 Å². The molecule has 0 unspecified atom stereocenters. The van der Waals surface area contributed by atoms with Crippen LogP contribution in [0.25, 0.3) is 0 Å². The van der Waals surface area contributed by atoms with Crippen LogP contribution in [0.2, 0.25) is 0 Å². The van der Waals surface area contributed by atoms with Crippen molar-refractivity contribution in [3.8, 4) is 0 Å². The molecule has 2 rings (SSSR count). The minimum absolute atomic E-state index is 0.0584. The second-order valence-electron chi connectivity index (χ2n) is 6.12. The Morgan fingerprint density at radius 2 is 1.39 bits per heavy atom. The van der Waals surface area contributed by atoms with E-state index in [1.54, 1.807) is 9.80 Å². The highest BCUT2D eigenvalue weighted by atomic mass is 31.2. The van der Waals surface area contributed by atoms with Gasteiger partial charge in [0.2, 0.25) is 7.37 Å². The summed E-state index contributed by atoms with van der Waals surface area (Å²) in [7, 11) is -0.886. The lowest BCUT2D eigenvalue weighted by atomic mass is 10.2. The third-order valence-electron chi connectivity index (χ3n) is 4.48. The summed E-state index contributed by atoms with van der Waals surface area (Å²) in [6.07, 6.45) is 2.76. The highest BCUT2D eigenvalue weighted by molar-refractivity contribution is 7.57. The molecule has 0 bridgehead atoms. The van der Waals surface area contributed by atoms with Crippen molar-refractivity contribution in [3.63, 3.8) is 0 Å². The van der Waals surface area contributed by atoms with E-state index in [9.17, 15) is 19.0 Å². The van der Waals surface area contributed by atoms with Gasteiger partial charge in [0, 0.05) is 0 Å². The Balaban J connectivity index is 1.97. The van der Waals surface area contributed by atoms with Gasteiger partial charge in [-0.05, 0) is 38.8 Å². The molecule has 0 radical (unpaired) electrons. The summed E-state index contributed by atoms with van der Waals surface area (Å²) in [5, 5.41) is 0. The number of carbonyl (C=O) groups is 2. The average molecular weight is 348 g/mol. The summed E-state index contributed by atoms with van der Waals surface area (Å²) in [4.78, 5) is 37.2. The lowest BCUT2D eigenvalue weighted by molar-refractivity contribution is -0.146. The van der Waals surface area contributed by atoms with Crippen molar-refractivity contribution < 1.29 is 28.5 Å². The van der Waals surface area contributed by atoms with E-state index in [2.05, 4.69) is 0 Å². The predicted molar refractivity (Wildman–Crippen MR) is 83.0 cm³/mol. The number of carbonyl (C=O) groups excluding carboxylic acids is 2. The SMILES string of the molecule is COC(=O)[C@H]1CCCN1CP(=O)(O)CN1CCC[C@@H]1C(=O)OC. The highest BCUT2D eigenvalue weighted by Gasteiger charge is 2.39. The van der Waals surface area contributed by atoms with E-state index in [0.29, 0.717) is 25.9 Å². The van der Waals surface area contributed by atoms with Gasteiger partial charge in [-0.15, -0.1) is 0 Å². The Labute approximate surface area is 136 Å². The Bertz CT molecular complexity index is 460. The molecule has 2 aliphatic heterocycles. The van der Waals surface area contributed by atoms with Gasteiger partial charge in [-0.25, -0.2) is 0 Å². The quantitative estimate of drug-likeness (QED) is 0.546. The average Bonchev–Trinajstić information content (AvgIpc) is 3.14. The number of nitrogens with zero attached hydrogens (tertiary/aromatic N) is 2. The molecule has 0 aromatic carbocycles. The van der Waals surface area contributed by atoms with Crippen molar-refractivity contribution >= 4 is 19.3 Å². The van der Waals surface area contributed by atoms with Crippen LogP contribution in [0.5, 0.6) is 0 Å². The van der Waals surface area contributed by atoms with Crippen molar-refractivity contribution in [2.45, 2.75) is 37.8 Å². The summed E-state index contributed by atoms with van der Waals surface area (Å²) < 4.78 is 22.1. The lowest BCUT2D eigenvalue weighted by Gasteiger charge is -2.29. The normalized spacial score (nSPS) is 26.4. The molecule has 2 aliphatic rings. The first kappa shape index (κ1) is 18.4. The molecule has 2 saturated heterocycles. The Morgan fingerprint density at radius 1 is 1.00 bits per heavy atom. The standard InChI is InChI=1S/C14H25N2O6P/c1-21-13(17)11-5-3-7-15(11)9-23(19,20)10-16-8-4-6-12(16)14(18)22-2/h11-12H,3-10H2,1-2H3,(H,19,20)/t11-,12-/m1/s1. The van der Waals surface area contributed by atoms with E-state index in [-0.39, 0.29) is 24.5 Å². The number of methoxy groups -OCH3 is 2. The molecular weight excluding hydrogens is 323 g/mol. The van der Waals surface area contributed by atoms with Gasteiger partial charge in [0.25, 0.3) is 0 Å². The smallest absolute Gasteiger partial charge is 0.323 e. The molecule has 2 atom stereocenters. The molecule has 0 aromatic heterocycles. The van der Waals surface area contributed by atoms with E-state index < -0.39 is 19.5 Å². The van der Waals surface area contributed by atoms with Crippen LogP contribution in [-0.4, -0.2) is 78.6 Å². The number of likely N-dealkylation sites (tertiary alicyclic amines) is 2. The molecule has 0 spiro atoms. The molecule has 23 heavy (non-hydrogen) atoms. The van der Waals surface area contributed by atoms with Gasteiger partial charge in [-0.3, -0.25) is 24.0 Å². The van der Waals surface area contributed by atoms with Crippen LogP contribution in [0.4, 0.5) is 0 Å². The van der Waals surface area contributed by atoms with Gasteiger partial charge in [-0.1, -0.05) is 0 Å². The molecule has 0 aliphatic carbocycles. The molecule has 0 aromatic rings. The zero-order valence-corrected chi connectivity index (χ0v) is 14.5. The molecule has 2 fully saturated rings. The van der Waals surface area contributed by atoms with E-state index in [1.165, 1.54) is 14.2 Å². The number of hydrogen-bond donors (Lipinski definition) is 1. The summed E-state index contributed by atoms with van der Waals surface area (Å²) >= 11 is 0. The molecule has 1 N–H and O–H groups in total. The maximum atomic E-state index is 12.6. The van der Waals surface area contributed by atoms with Gasteiger partial charge >= 0.3 is 11.9 Å². The first-order valence-electron chi connectivity index (χ1n) is 7.82. The Morgan fingerprint density at radius 3 is 1.74 bits per heavy atom. The molecule has 8 nitrogen and oxygen atoms in total. The summed E-state index contributed by atoms with van der Waals surface area (Å²) in [5.41, 5.74) is 0. The van der Waals surface area contributed by atoms with Gasteiger partial charge in [-0.2, -0.15) is 0 Å². The summed E-state index contributed by atoms with van der Waals surface area (Å²) in [5.74, 6) is -0.729. The zero-order chi connectivity index (χ0) is 17.0. The van der Waals surface area contributed by atoms with Crippen molar-refractivity contribution in [1.82, 2.24) is 9.80 Å². The molecular formula is C14H25N2O6P. The topological polar surface area (TPSA) is 96.4 Å². The van der Waals surface area contributed by atoms with Gasteiger partial charge in [0.05, 0.1) is 26.8 Å². The number of rotatable bonds is 6. The zero-order valence-electron chi connectivity index (χ0n) is 13.6. The second-order valence-corrected chi connectivity index (χ2v) is 8.37. The van der Waals surface area contributed by atoms with Crippen molar-refractivity contribution in [3.05, 3.63) is 0 Å². The van der Waals surface area contributed by atoms with Gasteiger partial charge in [0.1, 0.15) is 12.1 Å².